The number of nitrogens with one attached hydrogen (secondary N) is 2. The van der Waals surface area contributed by atoms with Crippen molar-refractivity contribution in [3.63, 3.8) is 0 Å². The van der Waals surface area contributed by atoms with Crippen LogP contribution < -0.4 is 10.6 Å². The van der Waals surface area contributed by atoms with Gasteiger partial charge in [-0.15, -0.1) is 0 Å². The number of hydrogen-bond acceptors (Lipinski definition) is 2. The maximum absolute atomic E-state index is 11.1. The van der Waals surface area contributed by atoms with Crippen LogP contribution in [0.5, 0.6) is 0 Å². The molecule has 0 aliphatic heterocycles. The summed E-state index contributed by atoms with van der Waals surface area (Å²) in [6, 6.07) is 9.36. The van der Waals surface area contributed by atoms with Gasteiger partial charge in [0.2, 0.25) is 5.91 Å². The van der Waals surface area contributed by atoms with Gasteiger partial charge in [0, 0.05) is 26.1 Å². The fourth-order valence-electron chi connectivity index (χ4n) is 2.50. The second kappa shape index (κ2) is 6.01. The van der Waals surface area contributed by atoms with E-state index in [4.69, 9.17) is 0 Å². The predicted octanol–water partition coefficient (Wildman–Crippen LogP) is 1.97. The van der Waals surface area contributed by atoms with Crippen molar-refractivity contribution in [1.82, 2.24) is 10.6 Å². The smallest absolute Gasteiger partial charge is 0.221 e. The van der Waals surface area contributed by atoms with Gasteiger partial charge in [-0.05, 0) is 31.2 Å². The third-order valence-corrected chi connectivity index (χ3v) is 3.72. The lowest BCUT2D eigenvalue weighted by Gasteiger charge is -2.36. The fraction of sp³-hybridized carbons (Fsp3) is 0.533. The maximum atomic E-state index is 11.1. The van der Waals surface area contributed by atoms with Crippen LogP contribution in [-0.2, 0) is 4.79 Å². The van der Waals surface area contributed by atoms with Crippen LogP contribution in [0.15, 0.2) is 24.3 Å². The minimum atomic E-state index is 0.108. The molecule has 1 saturated carbocycles. The Hall–Kier alpha value is -1.35. The van der Waals surface area contributed by atoms with Gasteiger partial charge >= 0.3 is 0 Å². The van der Waals surface area contributed by atoms with Gasteiger partial charge in [0.1, 0.15) is 0 Å². The Morgan fingerprint density at radius 1 is 1.39 bits per heavy atom. The summed E-state index contributed by atoms with van der Waals surface area (Å²) in [5.41, 5.74) is 2.79. The van der Waals surface area contributed by atoms with Gasteiger partial charge in [-0.1, -0.05) is 29.8 Å². The summed E-state index contributed by atoms with van der Waals surface area (Å²) < 4.78 is 0. The summed E-state index contributed by atoms with van der Waals surface area (Å²) in [5, 5.41) is 6.07. The normalized spacial score (nSPS) is 22.3. The van der Waals surface area contributed by atoms with Gasteiger partial charge in [0.05, 0.1) is 0 Å². The molecule has 0 saturated heterocycles. The number of carbonyl (C=O) groups excluding carboxylic acids is 1. The average Bonchev–Trinajstić information content (AvgIpc) is 2.31. The first-order chi connectivity index (χ1) is 8.69. The number of benzene rings is 1. The van der Waals surface area contributed by atoms with Crippen LogP contribution in [0.3, 0.4) is 0 Å². The molecule has 2 N–H and O–H groups in total. The minimum absolute atomic E-state index is 0.108. The topological polar surface area (TPSA) is 41.1 Å². The zero-order valence-corrected chi connectivity index (χ0v) is 11.2. The number of carbonyl (C=O) groups is 1. The van der Waals surface area contributed by atoms with Crippen LogP contribution in [-0.4, -0.2) is 25.5 Å². The van der Waals surface area contributed by atoms with E-state index in [1.807, 2.05) is 0 Å². The second-order valence-corrected chi connectivity index (χ2v) is 5.16. The molecule has 0 spiro atoms. The number of rotatable bonds is 5. The van der Waals surface area contributed by atoms with Crippen molar-refractivity contribution >= 4 is 5.91 Å². The largest absolute Gasteiger partial charge is 0.359 e. The van der Waals surface area contributed by atoms with E-state index < -0.39 is 0 Å². The molecule has 0 unspecified atom stereocenters. The van der Waals surface area contributed by atoms with Crippen LogP contribution >= 0.6 is 0 Å². The molecule has 0 heterocycles. The zero-order valence-electron chi connectivity index (χ0n) is 11.2. The van der Waals surface area contributed by atoms with Gasteiger partial charge in [0.25, 0.3) is 0 Å². The van der Waals surface area contributed by atoms with Crippen molar-refractivity contribution in [3.05, 3.63) is 35.4 Å². The van der Waals surface area contributed by atoms with Gasteiger partial charge in [-0.3, -0.25) is 4.79 Å². The molecule has 2 rings (SSSR count). The summed E-state index contributed by atoms with van der Waals surface area (Å²) in [4.78, 5) is 11.1. The first-order valence-electron chi connectivity index (χ1n) is 6.69. The SMILES string of the molecule is CNC(=O)CCNC1CC(c2cccc(C)c2)C1. The van der Waals surface area contributed by atoms with Crippen molar-refractivity contribution < 1.29 is 4.79 Å². The van der Waals surface area contributed by atoms with Crippen LogP contribution in [0.2, 0.25) is 0 Å². The Balaban J connectivity index is 1.69. The lowest BCUT2D eigenvalue weighted by atomic mass is 9.75. The van der Waals surface area contributed by atoms with Gasteiger partial charge in [0.15, 0.2) is 0 Å². The Morgan fingerprint density at radius 2 is 2.17 bits per heavy atom. The number of aryl methyl sites for hydroxylation is 1. The Labute approximate surface area is 109 Å². The van der Waals surface area contributed by atoms with Gasteiger partial charge in [-0.25, -0.2) is 0 Å². The third-order valence-electron chi connectivity index (χ3n) is 3.72. The fourth-order valence-corrected chi connectivity index (χ4v) is 2.50. The Bertz CT molecular complexity index is 411. The molecule has 3 nitrogen and oxygen atoms in total. The van der Waals surface area contributed by atoms with Crippen molar-refractivity contribution in [2.24, 2.45) is 0 Å². The molecule has 1 aliphatic carbocycles. The van der Waals surface area contributed by atoms with Crippen molar-refractivity contribution in [2.75, 3.05) is 13.6 Å². The van der Waals surface area contributed by atoms with Crippen LogP contribution in [0.25, 0.3) is 0 Å². The molecular weight excluding hydrogens is 224 g/mol. The molecule has 1 aromatic rings. The molecule has 0 aromatic heterocycles. The lowest BCUT2D eigenvalue weighted by molar-refractivity contribution is -0.120. The van der Waals surface area contributed by atoms with Crippen LogP contribution in [0, 0.1) is 6.92 Å². The summed E-state index contributed by atoms with van der Waals surface area (Å²) >= 11 is 0. The molecule has 0 atom stereocenters. The molecule has 1 amide bonds. The lowest BCUT2D eigenvalue weighted by Crippen LogP contribution is -2.41. The highest BCUT2D eigenvalue weighted by atomic mass is 16.1. The van der Waals surface area contributed by atoms with Crippen molar-refractivity contribution in [1.29, 1.82) is 0 Å². The molecule has 3 heteroatoms. The van der Waals surface area contributed by atoms with Crippen LogP contribution in [0.4, 0.5) is 0 Å². The first-order valence-corrected chi connectivity index (χ1v) is 6.69. The second-order valence-electron chi connectivity index (χ2n) is 5.16. The van der Waals surface area contributed by atoms with Gasteiger partial charge in [-0.2, -0.15) is 0 Å². The molecule has 18 heavy (non-hydrogen) atoms. The molecule has 1 aromatic carbocycles. The first kappa shape index (κ1) is 13.1. The molecular formula is C15H22N2O. The van der Waals surface area contributed by atoms with E-state index >= 15 is 0 Å². The number of amides is 1. The Morgan fingerprint density at radius 3 is 2.83 bits per heavy atom. The van der Waals surface area contributed by atoms with Crippen LogP contribution in [0.1, 0.15) is 36.3 Å². The summed E-state index contributed by atoms with van der Waals surface area (Å²) in [6.45, 7) is 2.92. The predicted molar refractivity (Wildman–Crippen MR) is 73.6 cm³/mol. The molecule has 0 bridgehead atoms. The third kappa shape index (κ3) is 3.33. The standard InChI is InChI=1S/C15H22N2O/c1-11-4-3-5-12(8-11)13-9-14(10-13)17-7-6-15(18)16-2/h3-5,8,13-14,17H,6-7,9-10H2,1-2H3,(H,16,18). The monoisotopic (exact) mass is 246 g/mol. The summed E-state index contributed by atoms with van der Waals surface area (Å²) in [7, 11) is 1.68. The summed E-state index contributed by atoms with van der Waals surface area (Å²) in [6.07, 6.45) is 2.95. The van der Waals surface area contributed by atoms with Crippen molar-refractivity contribution in [2.45, 2.75) is 38.1 Å². The van der Waals surface area contributed by atoms with Gasteiger partial charge < -0.3 is 10.6 Å². The minimum Gasteiger partial charge on any atom is -0.359 e. The quantitative estimate of drug-likeness (QED) is 0.834. The van der Waals surface area contributed by atoms with E-state index in [1.54, 1.807) is 7.05 Å². The highest BCUT2D eigenvalue weighted by molar-refractivity contribution is 5.75. The summed E-state index contributed by atoms with van der Waals surface area (Å²) in [5.74, 6) is 0.805. The molecule has 0 radical (unpaired) electrons. The van der Waals surface area contributed by atoms with E-state index in [0.29, 0.717) is 18.4 Å². The van der Waals surface area contributed by atoms with Crippen molar-refractivity contribution in [3.8, 4) is 0 Å². The zero-order chi connectivity index (χ0) is 13.0. The number of hydrogen-bond donors (Lipinski definition) is 2. The molecule has 1 fully saturated rings. The molecule has 98 valence electrons. The van der Waals surface area contributed by atoms with E-state index in [9.17, 15) is 4.79 Å². The van der Waals surface area contributed by atoms with E-state index in [2.05, 4.69) is 41.8 Å². The highest BCUT2D eigenvalue weighted by Gasteiger charge is 2.29. The highest BCUT2D eigenvalue weighted by Crippen LogP contribution is 2.36. The maximum Gasteiger partial charge on any atom is 0.221 e. The van der Waals surface area contributed by atoms with E-state index in [0.717, 1.165) is 6.54 Å². The van der Waals surface area contributed by atoms with E-state index in [-0.39, 0.29) is 5.91 Å². The van der Waals surface area contributed by atoms with E-state index in [1.165, 1.54) is 24.0 Å². The average molecular weight is 246 g/mol. The Kier molecular flexibility index (Phi) is 4.37. The molecule has 1 aliphatic rings.